The van der Waals surface area contributed by atoms with Crippen molar-refractivity contribution in [2.45, 2.75) is 19.4 Å². The second-order valence-electron chi connectivity index (χ2n) is 5.38. The van der Waals surface area contributed by atoms with E-state index in [1.807, 2.05) is 19.2 Å². The van der Waals surface area contributed by atoms with Gasteiger partial charge in [-0.2, -0.15) is 0 Å². The molecule has 2 heterocycles. The third kappa shape index (κ3) is 2.73. The zero-order chi connectivity index (χ0) is 15.2. The number of thiazole rings is 1. The highest BCUT2D eigenvalue weighted by Crippen LogP contribution is 2.36. The highest BCUT2D eigenvalue weighted by Gasteiger charge is 2.42. The Morgan fingerprint density at radius 2 is 1.95 bits per heavy atom. The Hall–Kier alpha value is -1.30. The molecule has 2 aromatic rings. The van der Waals surface area contributed by atoms with E-state index < -0.39 is 5.54 Å². The fourth-order valence-corrected chi connectivity index (χ4v) is 3.66. The first-order valence-corrected chi connectivity index (χ1v) is 7.89. The zero-order valence-electron chi connectivity index (χ0n) is 11.4. The van der Waals surface area contributed by atoms with E-state index in [2.05, 4.69) is 4.98 Å². The molecule has 1 aliphatic heterocycles. The quantitative estimate of drug-likeness (QED) is 0.783. The van der Waals surface area contributed by atoms with Crippen LogP contribution in [0.25, 0.3) is 11.3 Å². The van der Waals surface area contributed by atoms with Gasteiger partial charge in [-0.05, 0) is 32.0 Å². The highest BCUT2D eigenvalue weighted by atomic mass is 35.5. The predicted octanol–water partition coefficient (Wildman–Crippen LogP) is 4.85. The lowest BCUT2D eigenvalue weighted by Gasteiger charge is -2.24. The van der Waals surface area contributed by atoms with Crippen LogP contribution in [0.5, 0.6) is 0 Å². The number of cyclic esters (lactones) is 1. The van der Waals surface area contributed by atoms with Crippen molar-refractivity contribution in [3.63, 3.8) is 0 Å². The van der Waals surface area contributed by atoms with Crippen LogP contribution in [-0.4, -0.2) is 23.2 Å². The van der Waals surface area contributed by atoms with Gasteiger partial charge in [-0.25, -0.2) is 14.7 Å². The molecule has 1 fully saturated rings. The molecule has 0 radical (unpaired) electrons. The minimum Gasteiger partial charge on any atom is -0.447 e. The first-order chi connectivity index (χ1) is 9.87. The molecule has 0 aliphatic carbocycles. The molecule has 7 heteroatoms. The van der Waals surface area contributed by atoms with Crippen LogP contribution in [0.1, 0.15) is 13.8 Å². The van der Waals surface area contributed by atoms with E-state index in [1.54, 1.807) is 23.1 Å². The Morgan fingerprint density at radius 3 is 2.52 bits per heavy atom. The number of nitrogens with zero attached hydrogens (tertiary/aromatic N) is 2. The summed E-state index contributed by atoms with van der Waals surface area (Å²) in [6.45, 7) is 4.23. The first-order valence-electron chi connectivity index (χ1n) is 6.26. The molecule has 3 rings (SSSR count). The summed E-state index contributed by atoms with van der Waals surface area (Å²) in [6, 6.07) is 5.25. The fraction of sp³-hybridized carbons (Fsp3) is 0.286. The summed E-state index contributed by atoms with van der Waals surface area (Å²) in [4.78, 5) is 18.0. The van der Waals surface area contributed by atoms with Crippen LogP contribution in [-0.2, 0) is 4.74 Å². The Bertz CT molecular complexity index is 694. The monoisotopic (exact) mass is 342 g/mol. The number of aromatic nitrogens is 1. The standard InChI is InChI=1S/C14H12Cl2N2O2S/c1-14(2)7-20-13(19)18(14)12-17-11(6-21-12)8-3-9(15)5-10(16)4-8/h3-6H,7H2,1-2H3. The van der Waals surface area contributed by atoms with E-state index in [1.165, 1.54) is 11.3 Å². The maximum Gasteiger partial charge on any atom is 0.416 e. The average molecular weight is 343 g/mol. The molecule has 0 atom stereocenters. The van der Waals surface area contributed by atoms with Crippen molar-refractivity contribution in [3.8, 4) is 11.3 Å². The second-order valence-corrected chi connectivity index (χ2v) is 7.09. The minimum absolute atomic E-state index is 0.351. The topological polar surface area (TPSA) is 42.4 Å². The van der Waals surface area contributed by atoms with Crippen molar-refractivity contribution in [2.24, 2.45) is 0 Å². The molecule has 1 aromatic carbocycles. The predicted molar refractivity (Wildman–Crippen MR) is 85.5 cm³/mol. The SMILES string of the molecule is CC1(C)COC(=O)N1c1nc(-c2cc(Cl)cc(Cl)c2)cs1. The van der Waals surface area contributed by atoms with Crippen molar-refractivity contribution in [1.82, 2.24) is 4.98 Å². The number of carbonyl (C=O) groups is 1. The summed E-state index contributed by atoms with van der Waals surface area (Å²) >= 11 is 13.4. The Kier molecular flexibility index (Phi) is 3.59. The molecule has 1 amide bonds. The summed E-state index contributed by atoms with van der Waals surface area (Å²) in [7, 11) is 0. The molecule has 21 heavy (non-hydrogen) atoms. The van der Waals surface area contributed by atoms with Gasteiger partial charge in [0.25, 0.3) is 0 Å². The maximum atomic E-state index is 11.9. The number of amides is 1. The van der Waals surface area contributed by atoms with E-state index in [0.717, 1.165) is 11.3 Å². The Morgan fingerprint density at radius 1 is 1.29 bits per heavy atom. The molecular formula is C14H12Cl2N2O2S. The molecule has 110 valence electrons. The van der Waals surface area contributed by atoms with Crippen molar-refractivity contribution in [2.75, 3.05) is 11.5 Å². The summed E-state index contributed by atoms with van der Waals surface area (Å²) in [6.07, 6.45) is -0.370. The van der Waals surface area contributed by atoms with Crippen molar-refractivity contribution < 1.29 is 9.53 Å². The number of rotatable bonds is 2. The molecule has 0 spiro atoms. The van der Waals surface area contributed by atoms with Crippen molar-refractivity contribution in [1.29, 1.82) is 0 Å². The zero-order valence-corrected chi connectivity index (χ0v) is 13.7. The van der Waals surface area contributed by atoms with Gasteiger partial charge in [0.05, 0.1) is 11.2 Å². The number of hydrogen-bond donors (Lipinski definition) is 0. The van der Waals surface area contributed by atoms with Gasteiger partial charge < -0.3 is 4.74 Å². The van der Waals surface area contributed by atoms with Gasteiger partial charge in [-0.3, -0.25) is 0 Å². The maximum absolute atomic E-state index is 11.9. The molecule has 1 aromatic heterocycles. The lowest BCUT2D eigenvalue weighted by molar-refractivity contribution is 0.175. The van der Waals surface area contributed by atoms with Crippen LogP contribution in [0.15, 0.2) is 23.6 Å². The lowest BCUT2D eigenvalue weighted by atomic mass is 10.1. The summed E-state index contributed by atoms with van der Waals surface area (Å²) in [5, 5.41) is 3.58. The second kappa shape index (κ2) is 5.16. The van der Waals surface area contributed by atoms with Gasteiger partial charge in [0.1, 0.15) is 6.61 Å². The third-order valence-corrected chi connectivity index (χ3v) is 4.44. The van der Waals surface area contributed by atoms with E-state index in [4.69, 9.17) is 27.9 Å². The summed E-state index contributed by atoms with van der Waals surface area (Å²) < 4.78 is 5.10. The molecule has 0 unspecified atom stereocenters. The Labute approximate surface area is 136 Å². The number of ether oxygens (including phenoxy) is 1. The molecule has 0 N–H and O–H groups in total. The van der Waals surface area contributed by atoms with E-state index in [0.29, 0.717) is 21.8 Å². The number of hydrogen-bond acceptors (Lipinski definition) is 4. The first kappa shape index (κ1) is 14.6. The van der Waals surface area contributed by atoms with Crippen LogP contribution in [0.3, 0.4) is 0 Å². The van der Waals surface area contributed by atoms with Crippen molar-refractivity contribution >= 4 is 45.8 Å². The van der Waals surface area contributed by atoms with Crippen molar-refractivity contribution in [3.05, 3.63) is 33.6 Å². The lowest BCUT2D eigenvalue weighted by Crippen LogP contribution is -2.42. The highest BCUT2D eigenvalue weighted by molar-refractivity contribution is 7.14. The van der Waals surface area contributed by atoms with E-state index in [-0.39, 0.29) is 6.09 Å². The average Bonchev–Trinajstić information content (AvgIpc) is 2.93. The molecule has 1 aliphatic rings. The largest absolute Gasteiger partial charge is 0.447 e. The molecule has 4 nitrogen and oxygen atoms in total. The van der Waals surface area contributed by atoms with Gasteiger partial charge in [-0.15, -0.1) is 11.3 Å². The van der Waals surface area contributed by atoms with Crippen LogP contribution < -0.4 is 4.90 Å². The smallest absolute Gasteiger partial charge is 0.416 e. The fourth-order valence-electron chi connectivity index (χ4n) is 2.15. The van der Waals surface area contributed by atoms with Gasteiger partial charge in [0.2, 0.25) is 0 Å². The molecule has 0 bridgehead atoms. The molecular weight excluding hydrogens is 331 g/mol. The normalized spacial score (nSPS) is 17.1. The van der Waals surface area contributed by atoms with Gasteiger partial charge in [0.15, 0.2) is 5.13 Å². The van der Waals surface area contributed by atoms with Crippen LogP contribution >= 0.6 is 34.5 Å². The number of benzene rings is 1. The Balaban J connectivity index is 1.98. The minimum atomic E-state index is -0.405. The van der Waals surface area contributed by atoms with Gasteiger partial charge in [-0.1, -0.05) is 23.2 Å². The van der Waals surface area contributed by atoms with Crippen LogP contribution in [0.2, 0.25) is 10.0 Å². The number of halogens is 2. The number of carbonyl (C=O) groups excluding carboxylic acids is 1. The van der Waals surface area contributed by atoms with E-state index in [9.17, 15) is 4.79 Å². The summed E-state index contributed by atoms with van der Waals surface area (Å²) in [5.74, 6) is 0. The van der Waals surface area contributed by atoms with Crippen LogP contribution in [0.4, 0.5) is 9.93 Å². The molecule has 1 saturated heterocycles. The van der Waals surface area contributed by atoms with Gasteiger partial charge >= 0.3 is 6.09 Å². The molecule has 0 saturated carbocycles. The van der Waals surface area contributed by atoms with Crippen LogP contribution in [0, 0.1) is 0 Å². The summed E-state index contributed by atoms with van der Waals surface area (Å²) in [5.41, 5.74) is 1.15. The van der Waals surface area contributed by atoms with E-state index >= 15 is 0 Å². The third-order valence-electron chi connectivity index (χ3n) is 3.18. The number of anilines is 1. The van der Waals surface area contributed by atoms with Gasteiger partial charge in [0, 0.05) is 21.0 Å².